The zero-order chi connectivity index (χ0) is 18.1. The summed E-state index contributed by atoms with van der Waals surface area (Å²) in [7, 11) is 0. The lowest BCUT2D eigenvalue weighted by Gasteiger charge is -2.34. The van der Waals surface area contributed by atoms with Gasteiger partial charge in [0.05, 0.1) is 6.54 Å². The number of rotatable bonds is 5. The molecule has 0 N–H and O–H groups in total. The molecule has 0 spiro atoms. The van der Waals surface area contributed by atoms with E-state index < -0.39 is 18.5 Å². The Labute approximate surface area is 148 Å². The third kappa shape index (κ3) is 3.55. The van der Waals surface area contributed by atoms with Crippen LogP contribution in [-0.4, -0.2) is 58.7 Å². The van der Waals surface area contributed by atoms with Gasteiger partial charge in [-0.05, 0) is 33.3 Å². The number of morpholine rings is 1. The minimum absolute atomic E-state index is 0.0343. The van der Waals surface area contributed by atoms with Gasteiger partial charge in [0.2, 0.25) is 0 Å². The van der Waals surface area contributed by atoms with Crippen molar-refractivity contribution < 1.29 is 19.1 Å². The Morgan fingerprint density at radius 1 is 1.16 bits per heavy atom. The highest BCUT2D eigenvalue weighted by Crippen LogP contribution is 2.30. The molecular formula is C19H26N2O4. The van der Waals surface area contributed by atoms with Gasteiger partial charge in [-0.3, -0.25) is 9.59 Å². The van der Waals surface area contributed by atoms with E-state index in [0.717, 1.165) is 5.56 Å². The molecular weight excluding hydrogens is 320 g/mol. The van der Waals surface area contributed by atoms with Crippen LogP contribution in [0.2, 0.25) is 0 Å². The summed E-state index contributed by atoms with van der Waals surface area (Å²) in [6, 6.07) is 9.86. The molecule has 3 atom stereocenters. The van der Waals surface area contributed by atoms with Crippen LogP contribution in [0.25, 0.3) is 0 Å². The van der Waals surface area contributed by atoms with Gasteiger partial charge < -0.3 is 19.3 Å². The van der Waals surface area contributed by atoms with Gasteiger partial charge in [-0.15, -0.1) is 0 Å². The monoisotopic (exact) mass is 346 g/mol. The van der Waals surface area contributed by atoms with Crippen molar-refractivity contribution in [1.29, 1.82) is 0 Å². The molecule has 2 fully saturated rings. The second kappa shape index (κ2) is 7.14. The fourth-order valence-corrected chi connectivity index (χ4v) is 3.61. The molecule has 1 aromatic rings. The van der Waals surface area contributed by atoms with E-state index in [-0.39, 0.29) is 23.9 Å². The Morgan fingerprint density at radius 3 is 2.40 bits per heavy atom. The summed E-state index contributed by atoms with van der Waals surface area (Å²) < 4.78 is 11.5. The van der Waals surface area contributed by atoms with Crippen molar-refractivity contribution in [2.45, 2.75) is 64.8 Å². The Bertz CT molecular complexity index is 624. The van der Waals surface area contributed by atoms with Gasteiger partial charge in [0.1, 0.15) is 0 Å². The molecule has 2 heterocycles. The van der Waals surface area contributed by atoms with Gasteiger partial charge in [-0.1, -0.05) is 30.3 Å². The van der Waals surface area contributed by atoms with Crippen molar-refractivity contribution >= 4 is 11.8 Å². The van der Waals surface area contributed by atoms with Crippen LogP contribution in [0.5, 0.6) is 0 Å². The zero-order valence-electron chi connectivity index (χ0n) is 15.2. The average molecular weight is 346 g/mol. The van der Waals surface area contributed by atoms with Crippen LogP contribution in [0.15, 0.2) is 30.3 Å². The number of hydrogen-bond donors (Lipinski definition) is 0. The van der Waals surface area contributed by atoms with Gasteiger partial charge in [0.25, 0.3) is 11.8 Å². The first-order valence-electron chi connectivity index (χ1n) is 8.84. The molecule has 6 heteroatoms. The van der Waals surface area contributed by atoms with Crippen LogP contribution in [0.3, 0.4) is 0 Å². The lowest BCUT2D eigenvalue weighted by atomic mass is 10.1. The summed E-state index contributed by atoms with van der Waals surface area (Å²) in [5.74, 6) is -0.351. The maximum Gasteiger partial charge on any atom is 0.255 e. The summed E-state index contributed by atoms with van der Waals surface area (Å²) in [6.07, 6.45) is -2.25. The number of fused-ring (bicyclic) bond motifs is 2. The largest absolute Gasteiger partial charge is 0.335 e. The standard InChI is InChI=1S/C19H26N2O4/c1-12(2)21(13(3)4)19(23)17-16-18(22)20(11-15(24-16)25-17)10-14-8-6-5-7-9-14/h5-9,12-13,15-17H,10-11H2,1-4H3/t15-,16+,17+/m0/s1. The van der Waals surface area contributed by atoms with Crippen molar-refractivity contribution in [2.75, 3.05) is 6.54 Å². The molecule has 1 aromatic carbocycles. The van der Waals surface area contributed by atoms with Crippen molar-refractivity contribution in [2.24, 2.45) is 0 Å². The van der Waals surface area contributed by atoms with Crippen molar-refractivity contribution in [3.8, 4) is 0 Å². The molecule has 2 aliphatic rings. The Balaban J connectivity index is 1.75. The lowest BCUT2D eigenvalue weighted by molar-refractivity contribution is -0.162. The predicted octanol–water partition coefficient (Wildman–Crippen LogP) is 1.78. The minimum Gasteiger partial charge on any atom is -0.335 e. The summed E-state index contributed by atoms with van der Waals surface area (Å²) in [6.45, 7) is 8.69. The normalized spacial score (nSPS) is 25.8. The zero-order valence-corrected chi connectivity index (χ0v) is 15.2. The first-order chi connectivity index (χ1) is 11.9. The van der Waals surface area contributed by atoms with Crippen LogP contribution in [-0.2, 0) is 25.6 Å². The summed E-state index contributed by atoms with van der Waals surface area (Å²) in [5.41, 5.74) is 1.05. The lowest BCUT2D eigenvalue weighted by Crippen LogP contribution is -2.54. The Kier molecular flexibility index (Phi) is 5.11. The topological polar surface area (TPSA) is 59.1 Å². The maximum absolute atomic E-state index is 12.9. The number of benzene rings is 1. The van der Waals surface area contributed by atoms with E-state index >= 15 is 0 Å². The third-order valence-corrected chi connectivity index (χ3v) is 4.62. The van der Waals surface area contributed by atoms with Gasteiger partial charge >= 0.3 is 0 Å². The number of nitrogens with zero attached hydrogens (tertiary/aromatic N) is 2. The van der Waals surface area contributed by atoms with Crippen LogP contribution in [0, 0.1) is 0 Å². The molecule has 0 saturated carbocycles. The maximum atomic E-state index is 12.9. The van der Waals surface area contributed by atoms with Crippen molar-refractivity contribution in [3.63, 3.8) is 0 Å². The number of carbonyl (C=O) groups excluding carboxylic acids is 2. The van der Waals surface area contributed by atoms with Crippen molar-refractivity contribution in [1.82, 2.24) is 9.80 Å². The fourth-order valence-electron chi connectivity index (χ4n) is 3.61. The molecule has 2 amide bonds. The van der Waals surface area contributed by atoms with Gasteiger partial charge in [-0.2, -0.15) is 0 Å². The van der Waals surface area contributed by atoms with E-state index in [1.54, 1.807) is 9.80 Å². The van der Waals surface area contributed by atoms with Crippen LogP contribution in [0.1, 0.15) is 33.3 Å². The molecule has 25 heavy (non-hydrogen) atoms. The average Bonchev–Trinajstić information content (AvgIpc) is 2.92. The SMILES string of the molecule is CC(C)N(C(=O)[C@@H]1O[C@H]2CN(Cc3ccccc3)C(=O)[C@@H]1O2)C(C)C. The molecule has 2 aliphatic heterocycles. The molecule has 2 saturated heterocycles. The van der Waals surface area contributed by atoms with Crippen LogP contribution < -0.4 is 0 Å². The highest BCUT2D eigenvalue weighted by atomic mass is 16.7. The number of carbonyl (C=O) groups is 2. The Morgan fingerprint density at radius 2 is 1.80 bits per heavy atom. The highest BCUT2D eigenvalue weighted by molar-refractivity contribution is 5.92. The molecule has 2 bridgehead atoms. The quantitative estimate of drug-likeness (QED) is 0.815. The highest BCUT2D eigenvalue weighted by Gasteiger charge is 2.52. The van der Waals surface area contributed by atoms with E-state index in [1.807, 2.05) is 58.0 Å². The second-order valence-electron chi connectivity index (χ2n) is 7.18. The molecule has 6 nitrogen and oxygen atoms in total. The van der Waals surface area contributed by atoms with Gasteiger partial charge in [0.15, 0.2) is 18.5 Å². The Hall–Kier alpha value is -1.92. The van der Waals surface area contributed by atoms with Crippen molar-refractivity contribution in [3.05, 3.63) is 35.9 Å². The predicted molar refractivity (Wildman–Crippen MR) is 92.5 cm³/mol. The van der Waals surface area contributed by atoms with E-state index in [2.05, 4.69) is 0 Å². The third-order valence-electron chi connectivity index (χ3n) is 4.62. The van der Waals surface area contributed by atoms with Gasteiger partial charge in [0, 0.05) is 18.6 Å². The molecule has 136 valence electrons. The summed E-state index contributed by atoms with van der Waals surface area (Å²) >= 11 is 0. The summed E-state index contributed by atoms with van der Waals surface area (Å²) in [4.78, 5) is 29.2. The fraction of sp³-hybridized carbons (Fsp3) is 0.579. The number of amides is 2. The second-order valence-corrected chi connectivity index (χ2v) is 7.18. The minimum atomic E-state index is -0.858. The summed E-state index contributed by atoms with van der Waals surface area (Å²) in [5, 5.41) is 0. The van der Waals surface area contributed by atoms with Gasteiger partial charge in [-0.25, -0.2) is 0 Å². The van der Waals surface area contributed by atoms with E-state index in [0.29, 0.717) is 13.1 Å². The number of hydrogen-bond acceptors (Lipinski definition) is 4. The van der Waals surface area contributed by atoms with E-state index in [4.69, 9.17) is 9.47 Å². The molecule has 0 aliphatic carbocycles. The smallest absolute Gasteiger partial charge is 0.255 e. The van der Waals surface area contributed by atoms with E-state index in [1.165, 1.54) is 0 Å². The first kappa shape index (κ1) is 17.9. The van der Waals surface area contributed by atoms with Crippen LogP contribution >= 0.6 is 0 Å². The first-order valence-corrected chi connectivity index (χ1v) is 8.84. The molecule has 0 radical (unpaired) electrons. The molecule has 0 unspecified atom stereocenters. The molecule has 3 rings (SSSR count). The van der Waals surface area contributed by atoms with Crippen LogP contribution in [0.4, 0.5) is 0 Å². The molecule has 0 aromatic heterocycles. The van der Waals surface area contributed by atoms with E-state index in [9.17, 15) is 9.59 Å². The number of ether oxygens (including phenoxy) is 2.